The second-order valence-corrected chi connectivity index (χ2v) is 8.31. The molecular formula is C15H17BrN2O3S. The number of benzene rings is 1. The summed E-state index contributed by atoms with van der Waals surface area (Å²) < 4.78 is 32.3. The summed E-state index contributed by atoms with van der Waals surface area (Å²) in [5, 5.41) is 4.96. The maximum absolute atomic E-state index is 12.0. The lowest BCUT2D eigenvalue weighted by atomic mass is 9.92. The second-order valence-electron chi connectivity index (χ2n) is 5.83. The Kier molecular flexibility index (Phi) is 4.77. The molecule has 1 N–H and O–H groups in total. The van der Waals surface area contributed by atoms with Gasteiger partial charge >= 0.3 is 0 Å². The van der Waals surface area contributed by atoms with Gasteiger partial charge < -0.3 is 4.52 Å². The smallest absolute Gasteiger partial charge is 0.257 e. The molecule has 0 aliphatic carbocycles. The first-order chi connectivity index (χ1) is 10.2. The minimum absolute atomic E-state index is 0.102. The Morgan fingerprint density at radius 2 is 1.86 bits per heavy atom. The first-order valence-corrected chi connectivity index (χ1v) is 8.93. The fourth-order valence-electron chi connectivity index (χ4n) is 1.59. The third-order valence-electron chi connectivity index (χ3n) is 2.83. The van der Waals surface area contributed by atoms with E-state index in [4.69, 9.17) is 4.52 Å². The molecule has 2 rings (SSSR count). The number of nitrogens with one attached hydrogen (secondary N) is 1. The van der Waals surface area contributed by atoms with E-state index in [1.165, 1.54) is 6.08 Å². The number of anilines is 1. The van der Waals surface area contributed by atoms with Crippen molar-refractivity contribution < 1.29 is 12.9 Å². The zero-order valence-corrected chi connectivity index (χ0v) is 14.9. The summed E-state index contributed by atoms with van der Waals surface area (Å²) in [6.07, 6.45) is 1.51. The predicted molar refractivity (Wildman–Crippen MR) is 90.9 cm³/mol. The van der Waals surface area contributed by atoms with Crippen molar-refractivity contribution in [1.82, 2.24) is 5.16 Å². The molecule has 0 radical (unpaired) electrons. The Bertz CT molecular complexity index is 772. The maximum atomic E-state index is 12.0. The number of sulfonamides is 1. The largest absolute Gasteiger partial charge is 0.338 e. The summed E-state index contributed by atoms with van der Waals surface area (Å²) in [4.78, 5) is 0. The molecule has 0 fully saturated rings. The molecule has 0 saturated heterocycles. The fraction of sp³-hybridized carbons (Fsp3) is 0.267. The van der Waals surface area contributed by atoms with Crippen LogP contribution in [0.1, 0.15) is 32.0 Å². The lowest BCUT2D eigenvalue weighted by Crippen LogP contribution is -2.11. The van der Waals surface area contributed by atoms with Crippen LogP contribution in [0.5, 0.6) is 0 Å². The topological polar surface area (TPSA) is 72.2 Å². The molecule has 7 heteroatoms. The SMILES string of the molecule is CC(C)(C)c1cc(NS(=O)(=O)/C=C/c2ccc(Br)cc2)on1. The van der Waals surface area contributed by atoms with Crippen molar-refractivity contribution in [3.05, 3.63) is 51.5 Å². The van der Waals surface area contributed by atoms with Crippen molar-refractivity contribution in [2.75, 3.05) is 4.72 Å². The average molecular weight is 385 g/mol. The van der Waals surface area contributed by atoms with Crippen molar-refractivity contribution >= 4 is 37.9 Å². The first-order valence-electron chi connectivity index (χ1n) is 6.59. The minimum atomic E-state index is -3.65. The van der Waals surface area contributed by atoms with E-state index in [1.807, 2.05) is 45.0 Å². The van der Waals surface area contributed by atoms with E-state index in [-0.39, 0.29) is 11.3 Å². The van der Waals surface area contributed by atoms with Crippen LogP contribution >= 0.6 is 15.9 Å². The number of rotatable bonds is 4. The molecular weight excluding hydrogens is 368 g/mol. The lowest BCUT2D eigenvalue weighted by molar-refractivity contribution is 0.405. The van der Waals surface area contributed by atoms with Crippen LogP contribution in [0.2, 0.25) is 0 Å². The van der Waals surface area contributed by atoms with E-state index >= 15 is 0 Å². The Morgan fingerprint density at radius 3 is 2.41 bits per heavy atom. The first kappa shape index (κ1) is 16.8. The van der Waals surface area contributed by atoms with Crippen LogP contribution < -0.4 is 4.72 Å². The van der Waals surface area contributed by atoms with Gasteiger partial charge in [-0.2, -0.15) is 0 Å². The van der Waals surface area contributed by atoms with Crippen LogP contribution in [0.3, 0.4) is 0 Å². The van der Waals surface area contributed by atoms with Gasteiger partial charge in [-0.05, 0) is 23.8 Å². The van der Waals surface area contributed by atoms with Crippen molar-refractivity contribution in [2.24, 2.45) is 0 Å². The van der Waals surface area contributed by atoms with Gasteiger partial charge in [0.05, 0.1) is 11.1 Å². The van der Waals surface area contributed by atoms with Gasteiger partial charge in [0.15, 0.2) is 0 Å². The summed E-state index contributed by atoms with van der Waals surface area (Å²) in [5.41, 5.74) is 1.25. The van der Waals surface area contributed by atoms with Crippen LogP contribution in [0, 0.1) is 0 Å². The molecule has 0 aliphatic rings. The Morgan fingerprint density at radius 1 is 1.23 bits per heavy atom. The molecule has 0 saturated carbocycles. The highest BCUT2D eigenvalue weighted by atomic mass is 79.9. The van der Waals surface area contributed by atoms with E-state index in [2.05, 4.69) is 25.8 Å². The normalized spacial score (nSPS) is 12.7. The van der Waals surface area contributed by atoms with Gasteiger partial charge in [0.25, 0.3) is 10.0 Å². The van der Waals surface area contributed by atoms with Crippen molar-refractivity contribution in [3.8, 4) is 0 Å². The van der Waals surface area contributed by atoms with Crippen LogP contribution in [0.15, 0.2) is 44.7 Å². The predicted octanol–water partition coefficient (Wildman–Crippen LogP) is 4.15. The number of halogens is 1. The highest BCUT2D eigenvalue weighted by molar-refractivity contribution is 9.10. The Balaban J connectivity index is 2.11. The molecule has 2 aromatic rings. The zero-order valence-electron chi connectivity index (χ0n) is 12.5. The molecule has 0 atom stereocenters. The maximum Gasteiger partial charge on any atom is 0.257 e. The van der Waals surface area contributed by atoms with Gasteiger partial charge in [0, 0.05) is 16.0 Å². The molecule has 5 nitrogen and oxygen atoms in total. The second kappa shape index (κ2) is 6.26. The van der Waals surface area contributed by atoms with Gasteiger partial charge in [-0.1, -0.05) is 54.0 Å². The number of hydrogen-bond donors (Lipinski definition) is 1. The van der Waals surface area contributed by atoms with Crippen molar-refractivity contribution in [1.29, 1.82) is 0 Å². The minimum Gasteiger partial charge on any atom is -0.338 e. The molecule has 22 heavy (non-hydrogen) atoms. The van der Waals surface area contributed by atoms with E-state index in [1.54, 1.807) is 6.07 Å². The molecule has 1 aromatic heterocycles. The van der Waals surface area contributed by atoms with E-state index in [0.717, 1.165) is 15.4 Å². The quantitative estimate of drug-likeness (QED) is 0.858. The van der Waals surface area contributed by atoms with Crippen LogP contribution in [0.25, 0.3) is 6.08 Å². The molecule has 1 aromatic carbocycles. The number of hydrogen-bond acceptors (Lipinski definition) is 4. The molecule has 1 heterocycles. The molecule has 0 bridgehead atoms. The Labute approximate surface area is 138 Å². The Hall–Kier alpha value is -1.60. The van der Waals surface area contributed by atoms with E-state index in [9.17, 15) is 8.42 Å². The van der Waals surface area contributed by atoms with E-state index in [0.29, 0.717) is 5.69 Å². The van der Waals surface area contributed by atoms with Gasteiger partial charge in [-0.15, -0.1) is 0 Å². The zero-order chi connectivity index (χ0) is 16.4. The summed E-state index contributed by atoms with van der Waals surface area (Å²) >= 11 is 3.32. The summed E-state index contributed by atoms with van der Waals surface area (Å²) in [5.74, 6) is 0.102. The average Bonchev–Trinajstić information content (AvgIpc) is 2.86. The van der Waals surface area contributed by atoms with Crippen LogP contribution in [-0.2, 0) is 15.4 Å². The molecule has 0 aliphatic heterocycles. The highest BCUT2D eigenvalue weighted by Crippen LogP contribution is 2.24. The number of aromatic nitrogens is 1. The molecule has 118 valence electrons. The standard InChI is InChI=1S/C15H17BrN2O3S/c1-15(2,3)13-10-14(21-17-13)18-22(19,20)9-8-11-4-6-12(16)7-5-11/h4-10,18H,1-3H3/b9-8+. The molecule has 0 amide bonds. The highest BCUT2D eigenvalue weighted by Gasteiger charge is 2.20. The van der Waals surface area contributed by atoms with Gasteiger partial charge in [0.1, 0.15) is 0 Å². The fourth-order valence-corrected chi connectivity index (χ4v) is 2.64. The van der Waals surface area contributed by atoms with Crippen molar-refractivity contribution in [3.63, 3.8) is 0 Å². The van der Waals surface area contributed by atoms with Crippen molar-refractivity contribution in [2.45, 2.75) is 26.2 Å². The summed E-state index contributed by atoms with van der Waals surface area (Å²) in [6, 6.07) is 8.88. The molecule has 0 spiro atoms. The van der Waals surface area contributed by atoms with Gasteiger partial charge in [-0.3, -0.25) is 0 Å². The van der Waals surface area contributed by atoms with Crippen LogP contribution in [0.4, 0.5) is 5.88 Å². The molecule has 0 unspecified atom stereocenters. The van der Waals surface area contributed by atoms with Crippen LogP contribution in [-0.4, -0.2) is 13.6 Å². The van der Waals surface area contributed by atoms with Gasteiger partial charge in [-0.25, -0.2) is 13.1 Å². The van der Waals surface area contributed by atoms with E-state index < -0.39 is 10.0 Å². The monoisotopic (exact) mass is 384 g/mol. The third kappa shape index (κ3) is 4.71. The van der Waals surface area contributed by atoms with Gasteiger partial charge in [0.2, 0.25) is 5.88 Å². The third-order valence-corrected chi connectivity index (χ3v) is 4.34. The summed E-state index contributed by atoms with van der Waals surface area (Å²) in [7, 11) is -3.65. The summed E-state index contributed by atoms with van der Waals surface area (Å²) in [6.45, 7) is 5.91. The number of nitrogens with zero attached hydrogens (tertiary/aromatic N) is 1. The lowest BCUT2D eigenvalue weighted by Gasteiger charge is -2.12.